The molecule has 0 aliphatic rings. The lowest BCUT2D eigenvalue weighted by atomic mass is 10.2. The summed E-state index contributed by atoms with van der Waals surface area (Å²) in [5.74, 6) is 0. The molecule has 0 spiro atoms. The summed E-state index contributed by atoms with van der Waals surface area (Å²) in [6, 6.07) is 8.75. The second-order valence-corrected chi connectivity index (χ2v) is 5.92. The highest BCUT2D eigenvalue weighted by atomic mass is 15.1. The van der Waals surface area contributed by atoms with Gasteiger partial charge in [0, 0.05) is 30.2 Å². The molecule has 2 rings (SSSR count). The lowest BCUT2D eigenvalue weighted by Gasteiger charge is -2.17. The first-order valence-corrected chi connectivity index (χ1v) is 8.79. The van der Waals surface area contributed by atoms with E-state index in [1.807, 2.05) is 0 Å². The maximum atomic E-state index is 3.61. The van der Waals surface area contributed by atoms with Gasteiger partial charge in [-0.05, 0) is 50.7 Å². The molecule has 1 aromatic carbocycles. The monoisotopic (exact) mass is 301 g/mol. The van der Waals surface area contributed by atoms with Crippen LogP contribution in [0.1, 0.15) is 39.2 Å². The van der Waals surface area contributed by atoms with E-state index in [0.29, 0.717) is 0 Å². The van der Waals surface area contributed by atoms with Crippen molar-refractivity contribution in [2.45, 2.75) is 46.7 Å². The summed E-state index contributed by atoms with van der Waals surface area (Å²) in [6.07, 6.45) is 4.72. The fourth-order valence-electron chi connectivity index (χ4n) is 3.08. The Morgan fingerprint density at radius 2 is 1.86 bits per heavy atom. The number of aromatic nitrogens is 1. The first kappa shape index (κ1) is 17.0. The molecule has 0 saturated carbocycles. The fraction of sp³-hybridized carbons (Fsp3) is 0.579. The smallest absolute Gasteiger partial charge is 0.0483 e. The summed E-state index contributed by atoms with van der Waals surface area (Å²) in [5.41, 5.74) is 2.79. The van der Waals surface area contributed by atoms with Crippen LogP contribution in [0.15, 0.2) is 30.5 Å². The molecular formula is C19H31N3. The molecule has 122 valence electrons. The van der Waals surface area contributed by atoms with Gasteiger partial charge in [0.25, 0.3) is 0 Å². The number of nitrogens with zero attached hydrogens (tertiary/aromatic N) is 2. The van der Waals surface area contributed by atoms with Crippen molar-refractivity contribution in [3.8, 4) is 0 Å². The summed E-state index contributed by atoms with van der Waals surface area (Å²) in [7, 11) is 0. The van der Waals surface area contributed by atoms with Crippen LogP contribution >= 0.6 is 0 Å². The molecule has 1 heterocycles. The van der Waals surface area contributed by atoms with Crippen LogP contribution in [0.5, 0.6) is 0 Å². The first-order chi connectivity index (χ1) is 10.8. The molecule has 0 atom stereocenters. The summed E-state index contributed by atoms with van der Waals surface area (Å²) >= 11 is 0. The first-order valence-electron chi connectivity index (χ1n) is 8.79. The number of hydrogen-bond acceptors (Lipinski definition) is 2. The minimum absolute atomic E-state index is 0.968. The molecule has 3 heteroatoms. The van der Waals surface area contributed by atoms with Crippen molar-refractivity contribution in [2.75, 3.05) is 26.2 Å². The van der Waals surface area contributed by atoms with Crippen molar-refractivity contribution in [3.05, 3.63) is 36.0 Å². The van der Waals surface area contributed by atoms with Crippen LogP contribution in [0.25, 0.3) is 10.9 Å². The van der Waals surface area contributed by atoms with E-state index < -0.39 is 0 Å². The van der Waals surface area contributed by atoms with Gasteiger partial charge < -0.3 is 14.8 Å². The minimum Gasteiger partial charge on any atom is -0.347 e. The minimum atomic E-state index is 0.968. The highest BCUT2D eigenvalue weighted by molar-refractivity contribution is 5.83. The molecule has 22 heavy (non-hydrogen) atoms. The summed E-state index contributed by atoms with van der Waals surface area (Å²) in [6.45, 7) is 13.4. The van der Waals surface area contributed by atoms with Crippen LogP contribution in [0.4, 0.5) is 0 Å². The van der Waals surface area contributed by atoms with Crippen molar-refractivity contribution in [2.24, 2.45) is 0 Å². The lowest BCUT2D eigenvalue weighted by molar-refractivity contribution is 0.298. The Kier molecular flexibility index (Phi) is 6.94. The van der Waals surface area contributed by atoms with Gasteiger partial charge in [-0.2, -0.15) is 0 Å². The Bertz CT molecular complexity index is 555. The third-order valence-corrected chi connectivity index (χ3v) is 4.37. The molecule has 0 radical (unpaired) electrons. The second kappa shape index (κ2) is 8.96. The Morgan fingerprint density at radius 3 is 2.59 bits per heavy atom. The molecule has 0 aliphatic heterocycles. The van der Waals surface area contributed by atoms with Gasteiger partial charge in [-0.1, -0.05) is 39.0 Å². The number of para-hydroxylation sites is 1. The summed E-state index contributed by atoms with van der Waals surface area (Å²) < 4.78 is 2.39. The second-order valence-electron chi connectivity index (χ2n) is 5.92. The van der Waals surface area contributed by atoms with Crippen LogP contribution in [0, 0.1) is 0 Å². The summed E-state index contributed by atoms with van der Waals surface area (Å²) in [4.78, 5) is 2.48. The van der Waals surface area contributed by atoms with E-state index in [-0.39, 0.29) is 0 Å². The van der Waals surface area contributed by atoms with E-state index in [1.54, 1.807) is 0 Å². The number of fused-ring (bicyclic) bond motifs is 1. The molecular weight excluding hydrogens is 270 g/mol. The van der Waals surface area contributed by atoms with Gasteiger partial charge >= 0.3 is 0 Å². The number of aryl methyl sites for hydroxylation is 1. The van der Waals surface area contributed by atoms with E-state index >= 15 is 0 Å². The Labute approximate surface area is 135 Å². The SMILES string of the molecule is CCCn1cc(CNCCCN(CC)CC)c2ccccc21. The Hall–Kier alpha value is -1.32. The van der Waals surface area contributed by atoms with Crippen molar-refractivity contribution >= 4 is 10.9 Å². The van der Waals surface area contributed by atoms with E-state index in [4.69, 9.17) is 0 Å². The van der Waals surface area contributed by atoms with E-state index in [0.717, 1.165) is 32.7 Å². The van der Waals surface area contributed by atoms with Gasteiger partial charge in [0.1, 0.15) is 0 Å². The third-order valence-electron chi connectivity index (χ3n) is 4.37. The Morgan fingerprint density at radius 1 is 1.09 bits per heavy atom. The molecule has 0 amide bonds. The molecule has 0 saturated heterocycles. The van der Waals surface area contributed by atoms with E-state index in [1.165, 1.54) is 35.9 Å². The zero-order chi connectivity index (χ0) is 15.8. The van der Waals surface area contributed by atoms with E-state index in [2.05, 4.69) is 66.0 Å². The predicted octanol–water partition coefficient (Wildman–Crippen LogP) is 3.87. The van der Waals surface area contributed by atoms with Gasteiger partial charge in [-0.25, -0.2) is 0 Å². The van der Waals surface area contributed by atoms with Gasteiger partial charge in [0.05, 0.1) is 0 Å². The molecule has 2 aromatic rings. The maximum absolute atomic E-state index is 3.61. The van der Waals surface area contributed by atoms with Crippen LogP contribution in [0.3, 0.4) is 0 Å². The highest BCUT2D eigenvalue weighted by Crippen LogP contribution is 2.21. The Balaban J connectivity index is 1.89. The van der Waals surface area contributed by atoms with Crippen LogP contribution in [-0.2, 0) is 13.1 Å². The van der Waals surface area contributed by atoms with Crippen LogP contribution in [-0.4, -0.2) is 35.6 Å². The molecule has 0 bridgehead atoms. The zero-order valence-corrected chi connectivity index (χ0v) is 14.4. The average Bonchev–Trinajstić information content (AvgIpc) is 2.90. The van der Waals surface area contributed by atoms with Crippen molar-refractivity contribution in [1.82, 2.24) is 14.8 Å². The predicted molar refractivity (Wildman–Crippen MR) is 96.3 cm³/mol. The quantitative estimate of drug-likeness (QED) is 0.672. The number of hydrogen-bond donors (Lipinski definition) is 1. The fourth-order valence-corrected chi connectivity index (χ4v) is 3.08. The molecule has 0 unspecified atom stereocenters. The highest BCUT2D eigenvalue weighted by Gasteiger charge is 2.07. The van der Waals surface area contributed by atoms with Gasteiger partial charge in [0.2, 0.25) is 0 Å². The van der Waals surface area contributed by atoms with E-state index in [9.17, 15) is 0 Å². The standard InChI is InChI=1S/C19H31N3/c1-4-13-22-16-17(18-10-7-8-11-19(18)22)15-20-12-9-14-21(5-2)6-3/h7-8,10-11,16,20H,4-6,9,12-15H2,1-3H3. The summed E-state index contributed by atoms with van der Waals surface area (Å²) in [5, 5.41) is 5.01. The lowest BCUT2D eigenvalue weighted by Crippen LogP contribution is -2.27. The zero-order valence-electron chi connectivity index (χ0n) is 14.4. The molecule has 0 fully saturated rings. The van der Waals surface area contributed by atoms with Gasteiger partial charge in [0.15, 0.2) is 0 Å². The van der Waals surface area contributed by atoms with Crippen LogP contribution in [0.2, 0.25) is 0 Å². The molecule has 1 N–H and O–H groups in total. The maximum Gasteiger partial charge on any atom is 0.0483 e. The van der Waals surface area contributed by atoms with Gasteiger partial charge in [-0.3, -0.25) is 0 Å². The average molecular weight is 301 g/mol. The molecule has 3 nitrogen and oxygen atoms in total. The number of benzene rings is 1. The van der Waals surface area contributed by atoms with Crippen molar-refractivity contribution < 1.29 is 0 Å². The largest absolute Gasteiger partial charge is 0.347 e. The molecule has 1 aromatic heterocycles. The van der Waals surface area contributed by atoms with Crippen LogP contribution < -0.4 is 5.32 Å². The topological polar surface area (TPSA) is 20.2 Å². The van der Waals surface area contributed by atoms with Crippen molar-refractivity contribution in [1.29, 1.82) is 0 Å². The number of rotatable bonds is 10. The third kappa shape index (κ3) is 4.34. The van der Waals surface area contributed by atoms with Gasteiger partial charge in [-0.15, -0.1) is 0 Å². The normalized spacial score (nSPS) is 11.6. The molecule has 0 aliphatic carbocycles. The van der Waals surface area contributed by atoms with Crippen molar-refractivity contribution in [3.63, 3.8) is 0 Å². The number of nitrogens with one attached hydrogen (secondary N) is 1.